The highest BCUT2D eigenvalue weighted by Gasteiger charge is 2.43. The number of hydrogen-bond donors (Lipinski definition) is 0. The lowest BCUT2D eigenvalue weighted by Gasteiger charge is -2.29. The third-order valence-electron chi connectivity index (χ3n) is 5.97. The van der Waals surface area contributed by atoms with E-state index in [0.717, 1.165) is 41.7 Å². The van der Waals surface area contributed by atoms with Crippen LogP contribution in [0.2, 0.25) is 10.0 Å². The molecule has 2 atom stereocenters. The monoisotopic (exact) mass is 484 g/mol. The molecule has 0 saturated heterocycles. The molecule has 1 saturated carbocycles. The van der Waals surface area contributed by atoms with Gasteiger partial charge in [-0.3, -0.25) is 9.59 Å². The van der Waals surface area contributed by atoms with Crippen molar-refractivity contribution in [3.05, 3.63) is 75.3 Å². The van der Waals surface area contributed by atoms with Crippen LogP contribution in [0, 0.1) is 11.8 Å². The summed E-state index contributed by atoms with van der Waals surface area (Å²) in [5, 5.41) is 7.59. The lowest BCUT2D eigenvalue weighted by atomic mass is 9.77. The zero-order valence-electron chi connectivity index (χ0n) is 18.6. The summed E-state index contributed by atoms with van der Waals surface area (Å²) in [5.41, 5.74) is 3.96. The smallest absolute Gasteiger partial charge is 0.308 e. The van der Waals surface area contributed by atoms with Crippen LogP contribution in [0.5, 0.6) is 0 Å². The van der Waals surface area contributed by atoms with Crippen LogP contribution in [0.25, 0.3) is 6.08 Å². The van der Waals surface area contributed by atoms with E-state index in [-0.39, 0.29) is 30.4 Å². The highest BCUT2D eigenvalue weighted by atomic mass is 35.5. The summed E-state index contributed by atoms with van der Waals surface area (Å²) in [6.07, 6.45) is 4.88. The third-order valence-corrected chi connectivity index (χ3v) is 6.45. The first-order chi connectivity index (χ1) is 15.8. The number of ether oxygens (including phenoxy) is 1. The Balaban J connectivity index is 1.68. The van der Waals surface area contributed by atoms with Crippen LogP contribution < -0.4 is 0 Å². The lowest BCUT2D eigenvalue weighted by molar-refractivity contribution is -0.155. The average Bonchev–Trinajstić information content (AvgIpc) is 3.18. The molecular formula is C26H26Cl2N2O3. The molecule has 1 fully saturated rings. The van der Waals surface area contributed by atoms with Crippen LogP contribution in [0.4, 0.5) is 0 Å². The van der Waals surface area contributed by atoms with Crippen LogP contribution in [0.1, 0.15) is 50.3 Å². The highest BCUT2D eigenvalue weighted by Crippen LogP contribution is 2.44. The average molecular weight is 485 g/mol. The second kappa shape index (κ2) is 10.1. The van der Waals surface area contributed by atoms with E-state index in [9.17, 15) is 9.59 Å². The van der Waals surface area contributed by atoms with Gasteiger partial charge in [0.1, 0.15) is 0 Å². The molecule has 172 valence electrons. The number of esters is 1. The predicted octanol–water partition coefficient (Wildman–Crippen LogP) is 6.32. The minimum atomic E-state index is -0.405. The van der Waals surface area contributed by atoms with Gasteiger partial charge in [-0.2, -0.15) is 5.10 Å². The number of hydrazone groups is 1. The Morgan fingerprint density at radius 1 is 1.15 bits per heavy atom. The second-order valence-electron chi connectivity index (χ2n) is 8.71. The molecule has 0 aromatic heterocycles. The standard InChI is InChI=1S/C26H26Cl2N2O3/c1-16(2)26(32)33-15-23(31)30-25(18-9-11-20(27)12-10-18)22-8-4-6-19(24(22)29-30)13-17-5-3-7-21(28)14-17/h3,5,7,9-14,16,22,25H,4,6,8,15H2,1-2H3. The number of fused-ring (bicyclic) bond motifs is 1. The summed E-state index contributed by atoms with van der Waals surface area (Å²) in [4.78, 5) is 25.1. The Bertz CT molecular complexity index is 1110. The SMILES string of the molecule is CC(C)C(=O)OCC(=O)N1N=C2C(=Cc3cccc(Cl)c3)CCCC2C1c1ccc(Cl)cc1. The zero-order valence-corrected chi connectivity index (χ0v) is 20.1. The quantitative estimate of drug-likeness (QED) is 0.466. The van der Waals surface area contributed by atoms with Crippen molar-refractivity contribution in [2.24, 2.45) is 16.9 Å². The molecule has 33 heavy (non-hydrogen) atoms. The van der Waals surface area contributed by atoms with Crippen LogP contribution in [0.15, 0.2) is 59.2 Å². The van der Waals surface area contributed by atoms with Gasteiger partial charge in [-0.15, -0.1) is 0 Å². The van der Waals surface area contributed by atoms with Gasteiger partial charge in [0.2, 0.25) is 0 Å². The molecule has 1 amide bonds. The minimum absolute atomic E-state index is 0.0510. The molecule has 0 radical (unpaired) electrons. The van der Waals surface area contributed by atoms with Gasteiger partial charge in [-0.1, -0.05) is 61.3 Å². The fourth-order valence-corrected chi connectivity index (χ4v) is 4.69. The van der Waals surface area contributed by atoms with Gasteiger partial charge < -0.3 is 4.74 Å². The number of benzene rings is 2. The number of hydrogen-bond acceptors (Lipinski definition) is 4. The van der Waals surface area contributed by atoms with Gasteiger partial charge in [0.15, 0.2) is 6.61 Å². The zero-order chi connectivity index (χ0) is 23.5. The topological polar surface area (TPSA) is 59.0 Å². The van der Waals surface area contributed by atoms with Crippen molar-refractivity contribution in [1.82, 2.24) is 5.01 Å². The van der Waals surface area contributed by atoms with Gasteiger partial charge >= 0.3 is 5.97 Å². The highest BCUT2D eigenvalue weighted by molar-refractivity contribution is 6.31. The van der Waals surface area contributed by atoms with Crippen LogP contribution in [0.3, 0.4) is 0 Å². The van der Waals surface area contributed by atoms with Crippen molar-refractivity contribution < 1.29 is 14.3 Å². The van der Waals surface area contributed by atoms with Crippen molar-refractivity contribution in [2.45, 2.75) is 39.2 Å². The number of nitrogens with zero attached hydrogens (tertiary/aromatic N) is 2. The molecule has 7 heteroatoms. The third kappa shape index (κ3) is 5.31. The predicted molar refractivity (Wildman–Crippen MR) is 131 cm³/mol. The van der Waals surface area contributed by atoms with Crippen LogP contribution in [-0.2, 0) is 14.3 Å². The molecule has 5 nitrogen and oxygen atoms in total. The Kier molecular flexibility index (Phi) is 7.20. The van der Waals surface area contributed by atoms with Crippen molar-refractivity contribution in [2.75, 3.05) is 6.61 Å². The first-order valence-corrected chi connectivity index (χ1v) is 11.9. The van der Waals surface area contributed by atoms with E-state index in [1.165, 1.54) is 5.01 Å². The first kappa shape index (κ1) is 23.5. The largest absolute Gasteiger partial charge is 0.455 e. The number of carbonyl (C=O) groups excluding carboxylic acids is 2. The fourth-order valence-electron chi connectivity index (χ4n) is 4.36. The van der Waals surface area contributed by atoms with Crippen LogP contribution >= 0.6 is 23.2 Å². The van der Waals surface area contributed by atoms with Crippen molar-refractivity contribution in [3.8, 4) is 0 Å². The summed E-state index contributed by atoms with van der Waals surface area (Å²) in [5.74, 6) is -0.996. The van der Waals surface area contributed by atoms with Gasteiger partial charge in [-0.05, 0) is 66.3 Å². The summed E-state index contributed by atoms with van der Waals surface area (Å²) in [6, 6.07) is 14.9. The Labute approximate surface area is 204 Å². The number of carbonyl (C=O) groups is 2. The molecule has 1 aliphatic carbocycles. The molecule has 2 aromatic carbocycles. The molecule has 0 bridgehead atoms. The van der Waals surface area contributed by atoms with Gasteiger partial charge in [0.25, 0.3) is 5.91 Å². The second-order valence-corrected chi connectivity index (χ2v) is 9.58. The van der Waals surface area contributed by atoms with E-state index in [2.05, 4.69) is 6.08 Å². The summed E-state index contributed by atoms with van der Waals surface area (Å²) < 4.78 is 5.22. The van der Waals surface area contributed by atoms with E-state index in [1.54, 1.807) is 13.8 Å². The van der Waals surface area contributed by atoms with E-state index in [1.807, 2.05) is 48.5 Å². The number of rotatable bonds is 5. The summed E-state index contributed by atoms with van der Waals surface area (Å²) in [6.45, 7) is 3.14. The van der Waals surface area contributed by atoms with Gasteiger partial charge in [0.05, 0.1) is 17.7 Å². The number of allylic oxidation sites excluding steroid dienone is 1. The molecule has 1 heterocycles. The van der Waals surface area contributed by atoms with E-state index < -0.39 is 5.97 Å². The molecule has 0 N–H and O–H groups in total. The van der Waals surface area contributed by atoms with Crippen molar-refractivity contribution >= 4 is 46.9 Å². The van der Waals surface area contributed by atoms with Crippen LogP contribution in [-0.4, -0.2) is 29.2 Å². The summed E-state index contributed by atoms with van der Waals surface area (Å²) >= 11 is 12.3. The van der Waals surface area contributed by atoms with E-state index in [4.69, 9.17) is 33.0 Å². The maximum absolute atomic E-state index is 13.2. The van der Waals surface area contributed by atoms with Gasteiger partial charge in [-0.25, -0.2) is 5.01 Å². The molecule has 1 aliphatic heterocycles. The Hall–Kier alpha value is -2.63. The maximum Gasteiger partial charge on any atom is 0.308 e. The molecule has 0 spiro atoms. The minimum Gasteiger partial charge on any atom is -0.455 e. The Morgan fingerprint density at radius 2 is 1.91 bits per heavy atom. The lowest BCUT2D eigenvalue weighted by Crippen LogP contribution is -2.34. The molecule has 2 aliphatic rings. The van der Waals surface area contributed by atoms with Crippen molar-refractivity contribution in [1.29, 1.82) is 0 Å². The molecule has 2 aromatic rings. The van der Waals surface area contributed by atoms with Crippen molar-refractivity contribution in [3.63, 3.8) is 0 Å². The van der Waals surface area contributed by atoms with E-state index >= 15 is 0 Å². The molecule has 4 rings (SSSR count). The summed E-state index contributed by atoms with van der Waals surface area (Å²) in [7, 11) is 0. The van der Waals surface area contributed by atoms with E-state index in [0.29, 0.717) is 10.0 Å². The first-order valence-electron chi connectivity index (χ1n) is 11.1. The maximum atomic E-state index is 13.2. The molecule has 2 unspecified atom stereocenters. The normalized spacial score (nSPS) is 21.2. The fraction of sp³-hybridized carbons (Fsp3) is 0.346. The Morgan fingerprint density at radius 3 is 2.61 bits per heavy atom. The number of halogens is 2. The van der Waals surface area contributed by atoms with Gasteiger partial charge in [0, 0.05) is 16.0 Å². The number of amides is 1. The molecular weight excluding hydrogens is 459 g/mol.